The summed E-state index contributed by atoms with van der Waals surface area (Å²) in [5.74, 6) is 0. The van der Waals surface area contributed by atoms with Crippen molar-refractivity contribution >= 4 is 33.4 Å². The Hall–Kier alpha value is -1.83. The highest BCUT2D eigenvalue weighted by Crippen LogP contribution is 2.33. The second-order valence-corrected chi connectivity index (χ2v) is 7.66. The van der Waals surface area contributed by atoms with E-state index in [1.54, 1.807) is 11.8 Å². The molecule has 24 heavy (non-hydrogen) atoms. The molecule has 1 aromatic carbocycles. The number of amides is 1. The number of carbonyl (C=O) groups is 1. The Morgan fingerprint density at radius 1 is 1.25 bits per heavy atom. The fourth-order valence-corrected chi connectivity index (χ4v) is 3.13. The minimum Gasteiger partial charge on any atom is -0.444 e. The first-order valence-electron chi connectivity index (χ1n) is 7.76. The molecule has 0 aliphatic carbocycles. The van der Waals surface area contributed by atoms with Crippen LogP contribution < -0.4 is 4.90 Å². The molecule has 1 aliphatic rings. The molecule has 0 aromatic heterocycles. The Morgan fingerprint density at radius 3 is 2.33 bits per heavy atom. The molecule has 7 nitrogen and oxygen atoms in total. The van der Waals surface area contributed by atoms with Crippen LogP contribution >= 0.6 is 15.9 Å². The van der Waals surface area contributed by atoms with Crippen molar-refractivity contribution in [2.75, 3.05) is 31.1 Å². The van der Waals surface area contributed by atoms with Gasteiger partial charge < -0.3 is 14.5 Å². The van der Waals surface area contributed by atoms with Gasteiger partial charge in [0.1, 0.15) is 5.60 Å². The van der Waals surface area contributed by atoms with Crippen LogP contribution in [0.1, 0.15) is 26.3 Å². The molecule has 0 unspecified atom stereocenters. The summed E-state index contributed by atoms with van der Waals surface area (Å²) in [6.45, 7) is 9.66. The van der Waals surface area contributed by atoms with Gasteiger partial charge in [-0.05, 0) is 49.7 Å². The van der Waals surface area contributed by atoms with E-state index in [4.69, 9.17) is 4.74 Å². The van der Waals surface area contributed by atoms with Crippen LogP contribution in [0.3, 0.4) is 0 Å². The molecule has 1 heterocycles. The lowest BCUT2D eigenvalue weighted by atomic mass is 10.1. The van der Waals surface area contributed by atoms with Gasteiger partial charge in [0.05, 0.1) is 10.6 Å². The highest BCUT2D eigenvalue weighted by molar-refractivity contribution is 9.10. The zero-order valence-corrected chi connectivity index (χ0v) is 15.9. The van der Waals surface area contributed by atoms with Crippen LogP contribution in [0, 0.1) is 17.0 Å². The number of rotatable bonds is 2. The maximum atomic E-state index is 12.1. The molecule has 1 aliphatic heterocycles. The van der Waals surface area contributed by atoms with E-state index in [-0.39, 0.29) is 16.7 Å². The van der Waals surface area contributed by atoms with Gasteiger partial charge in [-0.25, -0.2) is 4.79 Å². The number of ether oxygens (including phenoxy) is 1. The highest BCUT2D eigenvalue weighted by atomic mass is 79.9. The SMILES string of the molecule is Cc1cc(N2CCN(C(=O)OC(C)(C)C)CC2)c(Br)cc1[N+](=O)[O-]. The van der Waals surface area contributed by atoms with Crippen molar-refractivity contribution in [3.8, 4) is 0 Å². The molecule has 1 amide bonds. The van der Waals surface area contributed by atoms with E-state index < -0.39 is 5.60 Å². The molecule has 132 valence electrons. The van der Waals surface area contributed by atoms with E-state index in [9.17, 15) is 14.9 Å². The number of hydrogen-bond donors (Lipinski definition) is 0. The highest BCUT2D eigenvalue weighted by Gasteiger charge is 2.27. The third-order valence-electron chi connectivity index (χ3n) is 3.73. The third kappa shape index (κ3) is 4.37. The smallest absolute Gasteiger partial charge is 0.410 e. The van der Waals surface area contributed by atoms with Crippen molar-refractivity contribution in [1.82, 2.24) is 4.90 Å². The molecule has 0 bridgehead atoms. The second kappa shape index (κ2) is 6.96. The number of nitrogens with zero attached hydrogens (tertiary/aromatic N) is 3. The first-order chi connectivity index (χ1) is 11.1. The number of nitro groups is 1. The van der Waals surface area contributed by atoms with E-state index in [0.717, 1.165) is 5.69 Å². The Balaban J connectivity index is 2.06. The Bertz CT molecular complexity index is 649. The average molecular weight is 400 g/mol. The summed E-state index contributed by atoms with van der Waals surface area (Å²) in [4.78, 5) is 26.5. The molecule has 0 saturated carbocycles. The minimum atomic E-state index is -0.507. The van der Waals surface area contributed by atoms with Crippen LogP contribution in [-0.2, 0) is 4.74 Å². The lowest BCUT2D eigenvalue weighted by molar-refractivity contribution is -0.385. The number of hydrogen-bond acceptors (Lipinski definition) is 5. The van der Waals surface area contributed by atoms with Crippen molar-refractivity contribution in [1.29, 1.82) is 0 Å². The van der Waals surface area contributed by atoms with Crippen molar-refractivity contribution in [3.63, 3.8) is 0 Å². The predicted molar refractivity (Wildman–Crippen MR) is 95.6 cm³/mol. The van der Waals surface area contributed by atoms with E-state index in [0.29, 0.717) is 36.2 Å². The number of piperazine rings is 1. The number of nitro benzene ring substituents is 1. The summed E-state index contributed by atoms with van der Waals surface area (Å²) >= 11 is 3.42. The summed E-state index contributed by atoms with van der Waals surface area (Å²) in [6.07, 6.45) is -0.305. The monoisotopic (exact) mass is 399 g/mol. The molecule has 0 atom stereocenters. The molecule has 8 heteroatoms. The van der Waals surface area contributed by atoms with Gasteiger partial charge in [-0.2, -0.15) is 0 Å². The summed E-state index contributed by atoms with van der Waals surface area (Å²) < 4.78 is 6.07. The maximum absolute atomic E-state index is 12.1. The van der Waals surface area contributed by atoms with E-state index in [1.807, 2.05) is 26.8 Å². The van der Waals surface area contributed by atoms with Gasteiger partial charge in [-0.15, -0.1) is 0 Å². The Morgan fingerprint density at radius 2 is 1.83 bits per heavy atom. The van der Waals surface area contributed by atoms with Crippen LogP contribution in [0.5, 0.6) is 0 Å². The first-order valence-corrected chi connectivity index (χ1v) is 8.55. The summed E-state index contributed by atoms with van der Waals surface area (Å²) in [5, 5.41) is 11.0. The van der Waals surface area contributed by atoms with E-state index in [2.05, 4.69) is 20.8 Å². The van der Waals surface area contributed by atoms with Gasteiger partial charge in [-0.1, -0.05) is 0 Å². The lowest BCUT2D eigenvalue weighted by Gasteiger charge is -2.37. The molecule has 0 radical (unpaired) electrons. The molecule has 0 spiro atoms. The van der Waals surface area contributed by atoms with Crippen molar-refractivity contribution in [2.45, 2.75) is 33.3 Å². The van der Waals surface area contributed by atoms with Gasteiger partial charge in [0, 0.05) is 42.3 Å². The number of anilines is 1. The minimum absolute atomic E-state index is 0.0954. The molecular formula is C16H22BrN3O4. The summed E-state index contributed by atoms with van der Waals surface area (Å²) in [5.41, 5.74) is 1.11. The maximum Gasteiger partial charge on any atom is 0.410 e. The van der Waals surface area contributed by atoms with Crippen LogP contribution in [0.2, 0.25) is 0 Å². The molecular weight excluding hydrogens is 378 g/mol. The largest absolute Gasteiger partial charge is 0.444 e. The van der Waals surface area contributed by atoms with Crippen LogP contribution in [0.25, 0.3) is 0 Å². The van der Waals surface area contributed by atoms with Crippen LogP contribution in [0.15, 0.2) is 16.6 Å². The van der Waals surface area contributed by atoms with E-state index >= 15 is 0 Å². The van der Waals surface area contributed by atoms with Gasteiger partial charge in [0.15, 0.2) is 0 Å². The molecule has 1 saturated heterocycles. The fraction of sp³-hybridized carbons (Fsp3) is 0.562. The number of halogens is 1. The zero-order chi connectivity index (χ0) is 18.1. The summed E-state index contributed by atoms with van der Waals surface area (Å²) in [7, 11) is 0. The lowest BCUT2D eigenvalue weighted by Crippen LogP contribution is -2.50. The quantitative estimate of drug-likeness (QED) is 0.559. The number of carbonyl (C=O) groups excluding carboxylic acids is 1. The van der Waals surface area contributed by atoms with Crippen molar-refractivity contribution < 1.29 is 14.5 Å². The van der Waals surface area contributed by atoms with E-state index in [1.165, 1.54) is 6.07 Å². The fourth-order valence-electron chi connectivity index (χ4n) is 2.55. The van der Waals surface area contributed by atoms with Crippen LogP contribution in [0.4, 0.5) is 16.2 Å². The van der Waals surface area contributed by atoms with Crippen molar-refractivity contribution in [3.05, 3.63) is 32.3 Å². The van der Waals surface area contributed by atoms with Crippen LogP contribution in [-0.4, -0.2) is 47.7 Å². The van der Waals surface area contributed by atoms with Crippen molar-refractivity contribution in [2.24, 2.45) is 0 Å². The standard InChI is InChI=1S/C16H22BrN3O4/c1-11-9-14(12(17)10-13(11)20(22)23)18-5-7-19(8-6-18)15(21)24-16(2,3)4/h9-10H,5-8H2,1-4H3. The van der Waals surface area contributed by atoms with Gasteiger partial charge >= 0.3 is 6.09 Å². The Kier molecular flexibility index (Phi) is 5.37. The average Bonchev–Trinajstić information content (AvgIpc) is 2.47. The second-order valence-electron chi connectivity index (χ2n) is 6.80. The number of benzene rings is 1. The van der Waals surface area contributed by atoms with Gasteiger partial charge in [-0.3, -0.25) is 10.1 Å². The van der Waals surface area contributed by atoms with Gasteiger partial charge in [0.2, 0.25) is 0 Å². The molecule has 2 rings (SSSR count). The predicted octanol–water partition coefficient (Wildman–Crippen LogP) is 3.72. The number of aryl methyl sites for hydroxylation is 1. The molecule has 0 N–H and O–H groups in total. The normalized spacial score (nSPS) is 15.4. The molecule has 1 aromatic rings. The molecule has 1 fully saturated rings. The zero-order valence-electron chi connectivity index (χ0n) is 14.3. The topological polar surface area (TPSA) is 75.9 Å². The summed E-state index contributed by atoms with van der Waals surface area (Å²) in [6, 6.07) is 3.34. The first kappa shape index (κ1) is 18.5. The van der Waals surface area contributed by atoms with Gasteiger partial charge in [0.25, 0.3) is 5.69 Å². The Labute approximate surface area is 149 Å². The third-order valence-corrected chi connectivity index (χ3v) is 4.37.